The second-order valence-corrected chi connectivity index (χ2v) is 4.26. The fourth-order valence-electron chi connectivity index (χ4n) is 1.40. The van der Waals surface area contributed by atoms with Crippen molar-refractivity contribution in [3.05, 3.63) is 0 Å². The van der Waals surface area contributed by atoms with Crippen LogP contribution >= 0.6 is 12.6 Å². The maximum atomic E-state index is 5.54. The smallest absolute Gasteiger partial charge is 0.0466 e. The normalized spacial score (nSPS) is 10.7. The highest BCUT2D eigenvalue weighted by molar-refractivity contribution is 7.80. The van der Waals surface area contributed by atoms with E-state index in [0.717, 1.165) is 19.0 Å². The van der Waals surface area contributed by atoms with Crippen LogP contribution in [0.4, 0.5) is 0 Å². The molecule has 0 spiro atoms. The SMILES string of the molecule is CCCCCCCOCCCCCS. The first-order chi connectivity index (χ1) is 6.91. The van der Waals surface area contributed by atoms with E-state index in [2.05, 4.69) is 19.6 Å². The summed E-state index contributed by atoms with van der Waals surface area (Å²) in [5.74, 6) is 1.01. The van der Waals surface area contributed by atoms with E-state index in [0.29, 0.717) is 0 Å². The van der Waals surface area contributed by atoms with Crippen molar-refractivity contribution >= 4 is 12.6 Å². The van der Waals surface area contributed by atoms with E-state index in [1.807, 2.05) is 0 Å². The largest absolute Gasteiger partial charge is 0.381 e. The van der Waals surface area contributed by atoms with Gasteiger partial charge in [-0.25, -0.2) is 0 Å². The molecule has 0 heterocycles. The van der Waals surface area contributed by atoms with E-state index in [9.17, 15) is 0 Å². The fourth-order valence-corrected chi connectivity index (χ4v) is 1.63. The average molecular weight is 218 g/mol. The van der Waals surface area contributed by atoms with Crippen LogP contribution in [0, 0.1) is 0 Å². The molecule has 14 heavy (non-hydrogen) atoms. The number of hydrogen-bond donors (Lipinski definition) is 1. The van der Waals surface area contributed by atoms with E-state index < -0.39 is 0 Å². The summed E-state index contributed by atoms with van der Waals surface area (Å²) in [5, 5.41) is 0. The molecule has 0 atom stereocenters. The highest BCUT2D eigenvalue weighted by Gasteiger charge is 1.91. The zero-order chi connectivity index (χ0) is 10.5. The summed E-state index contributed by atoms with van der Waals surface area (Å²) in [6.45, 7) is 4.16. The first-order valence-electron chi connectivity index (χ1n) is 6.10. The minimum absolute atomic E-state index is 0.946. The molecule has 0 aliphatic carbocycles. The van der Waals surface area contributed by atoms with Gasteiger partial charge in [0.2, 0.25) is 0 Å². The summed E-state index contributed by atoms with van der Waals surface area (Å²) in [5.41, 5.74) is 0. The van der Waals surface area contributed by atoms with E-state index in [-0.39, 0.29) is 0 Å². The maximum Gasteiger partial charge on any atom is 0.0466 e. The van der Waals surface area contributed by atoms with Crippen molar-refractivity contribution in [3.8, 4) is 0 Å². The monoisotopic (exact) mass is 218 g/mol. The number of rotatable bonds is 11. The summed E-state index contributed by atoms with van der Waals surface area (Å²) in [4.78, 5) is 0. The molecule has 0 saturated heterocycles. The number of ether oxygens (including phenoxy) is 1. The van der Waals surface area contributed by atoms with Crippen LogP contribution in [0.5, 0.6) is 0 Å². The lowest BCUT2D eigenvalue weighted by Crippen LogP contribution is -1.97. The van der Waals surface area contributed by atoms with E-state index in [1.54, 1.807) is 0 Å². The molecular formula is C12H26OS. The fraction of sp³-hybridized carbons (Fsp3) is 1.00. The standard InChI is InChI=1S/C12H26OS/c1-2-3-4-5-7-10-13-11-8-6-9-12-14/h14H,2-12H2,1H3. The summed E-state index contributed by atoms with van der Waals surface area (Å²) < 4.78 is 5.54. The Bertz CT molecular complexity index is 84.3. The summed E-state index contributed by atoms with van der Waals surface area (Å²) in [6.07, 6.45) is 10.3. The Morgan fingerprint density at radius 1 is 0.786 bits per heavy atom. The molecule has 2 heteroatoms. The van der Waals surface area contributed by atoms with Gasteiger partial charge in [-0.15, -0.1) is 0 Å². The van der Waals surface area contributed by atoms with Gasteiger partial charge in [-0.1, -0.05) is 39.0 Å². The minimum Gasteiger partial charge on any atom is -0.381 e. The van der Waals surface area contributed by atoms with Gasteiger partial charge in [0, 0.05) is 13.2 Å². The van der Waals surface area contributed by atoms with Crippen molar-refractivity contribution in [2.45, 2.75) is 58.3 Å². The molecule has 0 amide bonds. The van der Waals surface area contributed by atoms with Crippen molar-refractivity contribution in [3.63, 3.8) is 0 Å². The minimum atomic E-state index is 0.946. The van der Waals surface area contributed by atoms with Crippen LogP contribution in [0.15, 0.2) is 0 Å². The number of hydrogen-bond acceptors (Lipinski definition) is 2. The first kappa shape index (κ1) is 14.3. The summed E-state index contributed by atoms with van der Waals surface area (Å²) >= 11 is 4.17. The van der Waals surface area contributed by atoms with Crippen molar-refractivity contribution < 1.29 is 4.74 Å². The van der Waals surface area contributed by atoms with Crippen molar-refractivity contribution in [1.82, 2.24) is 0 Å². The second kappa shape index (κ2) is 13.3. The molecule has 0 rings (SSSR count). The van der Waals surface area contributed by atoms with E-state index in [1.165, 1.54) is 51.4 Å². The van der Waals surface area contributed by atoms with Crippen LogP contribution in [0.2, 0.25) is 0 Å². The maximum absolute atomic E-state index is 5.54. The van der Waals surface area contributed by atoms with Gasteiger partial charge >= 0.3 is 0 Å². The third kappa shape index (κ3) is 12.3. The molecule has 0 N–H and O–H groups in total. The van der Waals surface area contributed by atoms with Gasteiger partial charge < -0.3 is 4.74 Å². The van der Waals surface area contributed by atoms with Crippen LogP contribution in [-0.2, 0) is 4.74 Å². The lowest BCUT2D eigenvalue weighted by Gasteiger charge is -2.03. The lowest BCUT2D eigenvalue weighted by atomic mass is 10.2. The Morgan fingerprint density at radius 3 is 1.93 bits per heavy atom. The van der Waals surface area contributed by atoms with Crippen LogP contribution in [0.3, 0.4) is 0 Å². The molecule has 0 aromatic rings. The Labute approximate surface area is 95.0 Å². The number of thiol groups is 1. The Hall–Kier alpha value is 0.310. The summed E-state index contributed by atoms with van der Waals surface area (Å²) in [7, 11) is 0. The van der Waals surface area contributed by atoms with E-state index >= 15 is 0 Å². The van der Waals surface area contributed by atoms with Crippen LogP contribution in [0.25, 0.3) is 0 Å². The van der Waals surface area contributed by atoms with Gasteiger partial charge in [0.15, 0.2) is 0 Å². The Morgan fingerprint density at radius 2 is 1.36 bits per heavy atom. The molecule has 0 radical (unpaired) electrons. The molecule has 0 saturated carbocycles. The molecule has 86 valence electrons. The van der Waals surface area contributed by atoms with Gasteiger partial charge in [0.25, 0.3) is 0 Å². The second-order valence-electron chi connectivity index (χ2n) is 3.81. The van der Waals surface area contributed by atoms with Gasteiger partial charge in [-0.2, -0.15) is 12.6 Å². The molecular weight excluding hydrogens is 192 g/mol. The number of unbranched alkanes of at least 4 members (excludes halogenated alkanes) is 6. The molecule has 1 nitrogen and oxygen atoms in total. The van der Waals surface area contributed by atoms with Gasteiger partial charge in [-0.05, 0) is 25.0 Å². The molecule has 0 aromatic carbocycles. The first-order valence-corrected chi connectivity index (χ1v) is 6.73. The van der Waals surface area contributed by atoms with Crippen LogP contribution < -0.4 is 0 Å². The zero-order valence-electron chi connectivity index (χ0n) is 9.63. The van der Waals surface area contributed by atoms with Crippen LogP contribution in [-0.4, -0.2) is 19.0 Å². The van der Waals surface area contributed by atoms with Crippen molar-refractivity contribution in [2.24, 2.45) is 0 Å². The van der Waals surface area contributed by atoms with Gasteiger partial charge in [0.05, 0.1) is 0 Å². The lowest BCUT2D eigenvalue weighted by molar-refractivity contribution is 0.126. The van der Waals surface area contributed by atoms with Gasteiger partial charge in [-0.3, -0.25) is 0 Å². The highest BCUT2D eigenvalue weighted by Crippen LogP contribution is 2.03. The van der Waals surface area contributed by atoms with E-state index in [4.69, 9.17) is 4.74 Å². The Balaban J connectivity index is 2.78. The average Bonchev–Trinajstić information content (AvgIpc) is 2.21. The predicted molar refractivity (Wildman–Crippen MR) is 67.3 cm³/mol. The quantitative estimate of drug-likeness (QED) is 0.406. The zero-order valence-corrected chi connectivity index (χ0v) is 10.5. The molecule has 0 aliphatic rings. The topological polar surface area (TPSA) is 9.23 Å². The molecule has 0 aromatic heterocycles. The third-order valence-corrected chi connectivity index (χ3v) is 2.66. The van der Waals surface area contributed by atoms with Gasteiger partial charge in [0.1, 0.15) is 0 Å². The molecule has 0 aliphatic heterocycles. The Kier molecular flexibility index (Phi) is 13.6. The third-order valence-electron chi connectivity index (χ3n) is 2.34. The molecule has 0 fully saturated rings. The molecule has 0 unspecified atom stereocenters. The molecule has 0 bridgehead atoms. The summed E-state index contributed by atoms with van der Waals surface area (Å²) in [6, 6.07) is 0. The predicted octanol–water partition coefficient (Wildman–Crippen LogP) is 4.07. The van der Waals surface area contributed by atoms with Crippen molar-refractivity contribution in [1.29, 1.82) is 0 Å². The van der Waals surface area contributed by atoms with Crippen molar-refractivity contribution in [2.75, 3.05) is 19.0 Å². The van der Waals surface area contributed by atoms with Crippen LogP contribution in [0.1, 0.15) is 58.3 Å². The highest BCUT2D eigenvalue weighted by atomic mass is 32.1.